The van der Waals surface area contributed by atoms with Crippen LogP contribution in [0.2, 0.25) is 0 Å². The Morgan fingerprint density at radius 1 is 1.23 bits per heavy atom. The Hall–Kier alpha value is -0.120. The van der Waals surface area contributed by atoms with Crippen molar-refractivity contribution < 1.29 is 5.11 Å². The van der Waals surface area contributed by atoms with E-state index in [9.17, 15) is 0 Å². The van der Waals surface area contributed by atoms with E-state index < -0.39 is 0 Å². The first-order valence-corrected chi connectivity index (χ1v) is 5.08. The molecule has 3 heteroatoms. The van der Waals surface area contributed by atoms with Gasteiger partial charge in [0.2, 0.25) is 0 Å². The Bertz CT molecular complexity index is 115. The van der Waals surface area contributed by atoms with Gasteiger partial charge in [-0.05, 0) is 53.9 Å². The standard InChI is InChI=1S/C10H24N2O/c1-9(6-8-12(3)4)11-7-5-10(2)13/h9-11,13H,5-8H2,1-4H3. The molecule has 0 saturated carbocycles. The number of hydrogen-bond donors (Lipinski definition) is 2. The van der Waals surface area contributed by atoms with Crippen LogP contribution in [0.25, 0.3) is 0 Å². The van der Waals surface area contributed by atoms with Crippen molar-refractivity contribution in [1.29, 1.82) is 0 Å². The normalized spacial score (nSPS) is 16.2. The molecular formula is C10H24N2O. The van der Waals surface area contributed by atoms with Gasteiger partial charge >= 0.3 is 0 Å². The summed E-state index contributed by atoms with van der Waals surface area (Å²) in [6.07, 6.45) is 1.81. The van der Waals surface area contributed by atoms with Crippen molar-refractivity contribution in [3.8, 4) is 0 Å². The molecule has 3 nitrogen and oxygen atoms in total. The monoisotopic (exact) mass is 188 g/mol. The van der Waals surface area contributed by atoms with Crippen LogP contribution in [-0.2, 0) is 0 Å². The zero-order valence-electron chi connectivity index (χ0n) is 9.38. The number of rotatable bonds is 7. The molecule has 2 unspecified atom stereocenters. The van der Waals surface area contributed by atoms with Gasteiger partial charge in [0.25, 0.3) is 0 Å². The lowest BCUT2D eigenvalue weighted by atomic mass is 10.2. The third-order valence-electron chi connectivity index (χ3n) is 2.06. The van der Waals surface area contributed by atoms with Gasteiger partial charge in [0, 0.05) is 6.04 Å². The Morgan fingerprint density at radius 3 is 2.31 bits per heavy atom. The molecule has 0 radical (unpaired) electrons. The van der Waals surface area contributed by atoms with Gasteiger partial charge in [0.1, 0.15) is 0 Å². The molecule has 0 aromatic rings. The third kappa shape index (κ3) is 9.80. The summed E-state index contributed by atoms with van der Waals surface area (Å²) in [7, 11) is 4.17. The maximum atomic E-state index is 9.04. The van der Waals surface area contributed by atoms with Crippen molar-refractivity contribution in [2.24, 2.45) is 0 Å². The zero-order chi connectivity index (χ0) is 10.3. The van der Waals surface area contributed by atoms with Gasteiger partial charge in [-0.15, -0.1) is 0 Å². The summed E-state index contributed by atoms with van der Waals surface area (Å²) in [6.45, 7) is 6.03. The first kappa shape index (κ1) is 12.9. The second-order valence-electron chi connectivity index (χ2n) is 4.08. The Labute approximate surface area is 82.1 Å². The van der Waals surface area contributed by atoms with E-state index in [2.05, 4.69) is 31.2 Å². The van der Waals surface area contributed by atoms with Crippen LogP contribution in [-0.4, -0.2) is 49.3 Å². The van der Waals surface area contributed by atoms with Gasteiger partial charge in [0.05, 0.1) is 6.10 Å². The summed E-state index contributed by atoms with van der Waals surface area (Å²) in [4.78, 5) is 2.19. The van der Waals surface area contributed by atoms with Crippen LogP contribution in [0.3, 0.4) is 0 Å². The fraction of sp³-hybridized carbons (Fsp3) is 1.00. The molecule has 0 aromatic heterocycles. The Kier molecular flexibility index (Phi) is 7.23. The fourth-order valence-electron chi connectivity index (χ4n) is 1.09. The van der Waals surface area contributed by atoms with E-state index in [0.717, 1.165) is 25.9 Å². The molecule has 2 atom stereocenters. The average Bonchev–Trinajstić information content (AvgIpc) is 2.00. The average molecular weight is 188 g/mol. The second kappa shape index (κ2) is 7.30. The second-order valence-corrected chi connectivity index (χ2v) is 4.08. The van der Waals surface area contributed by atoms with Gasteiger partial charge in [0.15, 0.2) is 0 Å². The molecule has 0 amide bonds. The van der Waals surface area contributed by atoms with E-state index in [1.807, 2.05) is 6.92 Å². The van der Waals surface area contributed by atoms with Crippen LogP contribution in [0.1, 0.15) is 26.7 Å². The van der Waals surface area contributed by atoms with Crippen LogP contribution in [0.5, 0.6) is 0 Å². The molecule has 0 aromatic carbocycles. The minimum Gasteiger partial charge on any atom is -0.393 e. The van der Waals surface area contributed by atoms with Crippen LogP contribution < -0.4 is 5.32 Å². The first-order valence-electron chi connectivity index (χ1n) is 5.08. The van der Waals surface area contributed by atoms with Crippen molar-refractivity contribution in [3.05, 3.63) is 0 Å². The maximum absolute atomic E-state index is 9.04. The van der Waals surface area contributed by atoms with E-state index in [-0.39, 0.29) is 6.10 Å². The quantitative estimate of drug-likeness (QED) is 0.617. The highest BCUT2D eigenvalue weighted by Crippen LogP contribution is 1.93. The number of hydrogen-bond acceptors (Lipinski definition) is 3. The molecule has 0 saturated heterocycles. The number of nitrogens with zero attached hydrogens (tertiary/aromatic N) is 1. The Balaban J connectivity index is 3.25. The summed E-state index contributed by atoms with van der Waals surface area (Å²) in [6, 6.07) is 0.543. The van der Waals surface area contributed by atoms with Crippen molar-refractivity contribution in [2.75, 3.05) is 27.2 Å². The van der Waals surface area contributed by atoms with Crippen molar-refractivity contribution in [1.82, 2.24) is 10.2 Å². The molecule has 0 aliphatic rings. The summed E-state index contributed by atoms with van der Waals surface area (Å²) >= 11 is 0. The van der Waals surface area contributed by atoms with E-state index in [4.69, 9.17) is 5.11 Å². The number of aliphatic hydroxyl groups excluding tert-OH is 1. The minimum absolute atomic E-state index is 0.187. The smallest absolute Gasteiger partial charge is 0.0524 e. The lowest BCUT2D eigenvalue weighted by molar-refractivity contribution is 0.182. The van der Waals surface area contributed by atoms with Gasteiger partial charge in [-0.1, -0.05) is 0 Å². The summed E-state index contributed by atoms with van der Waals surface area (Å²) < 4.78 is 0. The van der Waals surface area contributed by atoms with Crippen LogP contribution in [0, 0.1) is 0 Å². The number of aliphatic hydroxyl groups is 1. The molecule has 0 spiro atoms. The van der Waals surface area contributed by atoms with Crippen molar-refractivity contribution >= 4 is 0 Å². The topological polar surface area (TPSA) is 35.5 Å². The van der Waals surface area contributed by atoms with E-state index in [0.29, 0.717) is 6.04 Å². The summed E-state index contributed by atoms with van der Waals surface area (Å²) in [5, 5.41) is 12.4. The molecule has 0 rings (SSSR count). The van der Waals surface area contributed by atoms with Gasteiger partial charge in [-0.25, -0.2) is 0 Å². The van der Waals surface area contributed by atoms with Gasteiger partial charge in [-0.2, -0.15) is 0 Å². The van der Waals surface area contributed by atoms with Crippen LogP contribution >= 0.6 is 0 Å². The highest BCUT2D eigenvalue weighted by molar-refractivity contribution is 4.63. The predicted molar refractivity (Wildman–Crippen MR) is 56.9 cm³/mol. The Morgan fingerprint density at radius 2 is 1.85 bits per heavy atom. The SMILES string of the molecule is CC(O)CCNC(C)CCN(C)C. The van der Waals surface area contributed by atoms with Gasteiger partial charge < -0.3 is 15.3 Å². The van der Waals surface area contributed by atoms with Crippen LogP contribution in [0.15, 0.2) is 0 Å². The van der Waals surface area contributed by atoms with Crippen LogP contribution in [0.4, 0.5) is 0 Å². The molecule has 0 heterocycles. The zero-order valence-corrected chi connectivity index (χ0v) is 9.38. The highest BCUT2D eigenvalue weighted by Gasteiger charge is 2.02. The lowest BCUT2D eigenvalue weighted by Crippen LogP contribution is -2.31. The summed E-state index contributed by atoms with van der Waals surface area (Å²) in [5.41, 5.74) is 0. The molecule has 2 N–H and O–H groups in total. The van der Waals surface area contributed by atoms with Gasteiger partial charge in [-0.3, -0.25) is 0 Å². The maximum Gasteiger partial charge on any atom is 0.0524 e. The van der Waals surface area contributed by atoms with Crippen molar-refractivity contribution in [2.45, 2.75) is 38.8 Å². The largest absolute Gasteiger partial charge is 0.393 e. The third-order valence-corrected chi connectivity index (χ3v) is 2.06. The molecule has 0 aliphatic carbocycles. The lowest BCUT2D eigenvalue weighted by Gasteiger charge is -2.16. The van der Waals surface area contributed by atoms with E-state index in [1.54, 1.807) is 0 Å². The molecular weight excluding hydrogens is 164 g/mol. The molecule has 0 bridgehead atoms. The minimum atomic E-state index is -0.187. The molecule has 13 heavy (non-hydrogen) atoms. The van der Waals surface area contributed by atoms with E-state index in [1.165, 1.54) is 0 Å². The molecule has 0 fully saturated rings. The number of nitrogens with one attached hydrogen (secondary N) is 1. The summed E-state index contributed by atoms with van der Waals surface area (Å²) in [5.74, 6) is 0. The van der Waals surface area contributed by atoms with E-state index >= 15 is 0 Å². The van der Waals surface area contributed by atoms with Crippen molar-refractivity contribution in [3.63, 3.8) is 0 Å². The molecule has 80 valence electrons. The molecule has 0 aliphatic heterocycles. The first-order chi connectivity index (χ1) is 6.02. The highest BCUT2D eigenvalue weighted by atomic mass is 16.3. The fourth-order valence-corrected chi connectivity index (χ4v) is 1.09. The predicted octanol–water partition coefficient (Wildman–Crippen LogP) is 0.687.